The summed E-state index contributed by atoms with van der Waals surface area (Å²) in [7, 11) is 2.27. The van der Waals surface area contributed by atoms with Crippen LogP contribution in [-0.2, 0) is 0 Å². The number of likely N-dealkylation sites (N-methyl/N-ethyl adjacent to an activating group) is 1. The van der Waals surface area contributed by atoms with Crippen molar-refractivity contribution in [3.8, 4) is 0 Å². The molecule has 1 saturated heterocycles. The lowest BCUT2D eigenvalue weighted by Crippen LogP contribution is -2.51. The highest BCUT2D eigenvalue weighted by atomic mass is 15.4. The van der Waals surface area contributed by atoms with Crippen LogP contribution in [0.25, 0.3) is 0 Å². The first kappa shape index (κ1) is 8.52. The average molecular weight is 168 g/mol. The van der Waals surface area contributed by atoms with Crippen LogP contribution in [0.4, 0.5) is 0 Å². The van der Waals surface area contributed by atoms with E-state index in [1.807, 2.05) is 0 Å². The van der Waals surface area contributed by atoms with Crippen LogP contribution in [0.15, 0.2) is 0 Å². The third-order valence-electron chi connectivity index (χ3n) is 3.47. The second-order valence-corrected chi connectivity index (χ2v) is 4.52. The first-order valence-electron chi connectivity index (χ1n) is 5.22. The van der Waals surface area contributed by atoms with Crippen LogP contribution in [0.3, 0.4) is 0 Å². The molecule has 0 unspecified atom stereocenters. The number of rotatable bonds is 0. The molecule has 1 spiro atoms. The van der Waals surface area contributed by atoms with Gasteiger partial charge in [-0.25, -0.2) is 0 Å². The molecule has 70 valence electrons. The number of nitrogens with one attached hydrogen (secondary N) is 1. The van der Waals surface area contributed by atoms with Crippen LogP contribution in [0.2, 0.25) is 0 Å². The molecule has 1 atom stereocenters. The molecule has 2 fully saturated rings. The van der Waals surface area contributed by atoms with E-state index in [0.717, 1.165) is 0 Å². The van der Waals surface area contributed by atoms with Crippen molar-refractivity contribution in [2.45, 2.75) is 50.7 Å². The summed E-state index contributed by atoms with van der Waals surface area (Å²) in [6, 6.07) is 0.688. The Bertz CT molecular complexity index is 161. The minimum absolute atomic E-state index is 0.387. The summed E-state index contributed by atoms with van der Waals surface area (Å²) in [6.45, 7) is 3.51. The van der Waals surface area contributed by atoms with Crippen molar-refractivity contribution in [2.75, 3.05) is 13.6 Å². The summed E-state index contributed by atoms with van der Waals surface area (Å²) >= 11 is 0. The Balaban J connectivity index is 2.08. The maximum absolute atomic E-state index is 3.74. The summed E-state index contributed by atoms with van der Waals surface area (Å²) < 4.78 is 0. The fraction of sp³-hybridized carbons (Fsp3) is 1.00. The molecule has 0 aromatic heterocycles. The van der Waals surface area contributed by atoms with E-state index in [-0.39, 0.29) is 0 Å². The lowest BCUT2D eigenvalue weighted by atomic mass is 9.89. The zero-order valence-electron chi connectivity index (χ0n) is 8.27. The Morgan fingerprint density at radius 1 is 1.25 bits per heavy atom. The van der Waals surface area contributed by atoms with Gasteiger partial charge in [0.05, 0.1) is 5.66 Å². The summed E-state index contributed by atoms with van der Waals surface area (Å²) in [5.41, 5.74) is 0.387. The summed E-state index contributed by atoms with van der Waals surface area (Å²) in [5, 5.41) is 3.74. The Morgan fingerprint density at radius 3 is 2.42 bits per heavy atom. The molecule has 1 saturated carbocycles. The van der Waals surface area contributed by atoms with Gasteiger partial charge in [-0.1, -0.05) is 19.3 Å². The molecule has 0 aromatic rings. The van der Waals surface area contributed by atoms with E-state index < -0.39 is 0 Å². The van der Waals surface area contributed by atoms with Crippen molar-refractivity contribution in [3.63, 3.8) is 0 Å². The highest BCUT2D eigenvalue weighted by Gasteiger charge is 2.41. The molecule has 0 bridgehead atoms. The highest BCUT2D eigenvalue weighted by Crippen LogP contribution is 2.34. The highest BCUT2D eigenvalue weighted by molar-refractivity contribution is 4.97. The molecule has 1 aliphatic heterocycles. The van der Waals surface area contributed by atoms with E-state index in [4.69, 9.17) is 0 Å². The van der Waals surface area contributed by atoms with Crippen molar-refractivity contribution in [3.05, 3.63) is 0 Å². The minimum Gasteiger partial charge on any atom is -0.295 e. The third-order valence-corrected chi connectivity index (χ3v) is 3.47. The quantitative estimate of drug-likeness (QED) is 0.590. The van der Waals surface area contributed by atoms with Gasteiger partial charge in [0.2, 0.25) is 0 Å². The predicted molar refractivity (Wildman–Crippen MR) is 51.0 cm³/mol. The molecule has 0 aromatic carbocycles. The molecule has 0 amide bonds. The largest absolute Gasteiger partial charge is 0.295 e. The van der Waals surface area contributed by atoms with Gasteiger partial charge in [-0.05, 0) is 26.8 Å². The number of hydrogen-bond acceptors (Lipinski definition) is 2. The van der Waals surface area contributed by atoms with Gasteiger partial charge in [0.25, 0.3) is 0 Å². The van der Waals surface area contributed by atoms with Crippen LogP contribution in [0, 0.1) is 0 Å². The van der Waals surface area contributed by atoms with Gasteiger partial charge in [0.15, 0.2) is 0 Å². The number of hydrogen-bond donors (Lipinski definition) is 1. The van der Waals surface area contributed by atoms with Crippen molar-refractivity contribution < 1.29 is 0 Å². The molecule has 2 heteroatoms. The zero-order chi connectivity index (χ0) is 8.60. The molecule has 1 aliphatic carbocycles. The Hall–Kier alpha value is -0.0800. The van der Waals surface area contributed by atoms with E-state index in [9.17, 15) is 0 Å². The monoisotopic (exact) mass is 168 g/mol. The van der Waals surface area contributed by atoms with Gasteiger partial charge in [-0.15, -0.1) is 0 Å². The van der Waals surface area contributed by atoms with E-state index >= 15 is 0 Å². The van der Waals surface area contributed by atoms with E-state index in [1.165, 1.54) is 38.6 Å². The smallest absolute Gasteiger partial charge is 0.0712 e. The van der Waals surface area contributed by atoms with Gasteiger partial charge in [-0.3, -0.25) is 10.2 Å². The fourth-order valence-electron chi connectivity index (χ4n) is 2.86. The SMILES string of the molecule is C[C@H]1CN(C)C2(CCCCC2)N1. The first-order chi connectivity index (χ1) is 5.73. The van der Waals surface area contributed by atoms with Crippen molar-refractivity contribution in [1.29, 1.82) is 0 Å². The van der Waals surface area contributed by atoms with Gasteiger partial charge >= 0.3 is 0 Å². The van der Waals surface area contributed by atoms with Crippen molar-refractivity contribution >= 4 is 0 Å². The molecule has 2 aliphatic rings. The van der Waals surface area contributed by atoms with E-state index in [0.29, 0.717) is 11.7 Å². The molecule has 1 heterocycles. The average Bonchev–Trinajstić information content (AvgIpc) is 2.29. The van der Waals surface area contributed by atoms with Crippen LogP contribution < -0.4 is 5.32 Å². The Labute approximate surface area is 75.3 Å². The van der Waals surface area contributed by atoms with E-state index in [1.54, 1.807) is 0 Å². The molecule has 1 N–H and O–H groups in total. The molecule has 0 radical (unpaired) electrons. The normalized spacial score (nSPS) is 36.0. The molecular formula is C10H20N2. The second-order valence-electron chi connectivity index (χ2n) is 4.52. The van der Waals surface area contributed by atoms with Crippen LogP contribution >= 0.6 is 0 Å². The van der Waals surface area contributed by atoms with Gasteiger partial charge in [0, 0.05) is 12.6 Å². The Kier molecular flexibility index (Phi) is 2.13. The third kappa shape index (κ3) is 1.27. The molecule has 2 rings (SSSR count). The van der Waals surface area contributed by atoms with Gasteiger partial charge in [-0.2, -0.15) is 0 Å². The standard InChI is InChI=1S/C10H20N2/c1-9-8-12(2)10(11-9)6-4-3-5-7-10/h9,11H,3-8H2,1-2H3/t9-/m0/s1. The first-order valence-corrected chi connectivity index (χ1v) is 5.22. The topological polar surface area (TPSA) is 15.3 Å². The fourth-order valence-corrected chi connectivity index (χ4v) is 2.86. The molecular weight excluding hydrogens is 148 g/mol. The van der Waals surface area contributed by atoms with Gasteiger partial charge < -0.3 is 0 Å². The number of nitrogens with zero attached hydrogens (tertiary/aromatic N) is 1. The lowest BCUT2D eigenvalue weighted by Gasteiger charge is -2.39. The predicted octanol–water partition coefficient (Wildman–Crippen LogP) is 1.57. The maximum Gasteiger partial charge on any atom is 0.0712 e. The van der Waals surface area contributed by atoms with Gasteiger partial charge in [0.1, 0.15) is 0 Å². The van der Waals surface area contributed by atoms with Crippen molar-refractivity contribution in [2.24, 2.45) is 0 Å². The maximum atomic E-state index is 3.74. The summed E-state index contributed by atoms with van der Waals surface area (Å²) in [5.74, 6) is 0. The van der Waals surface area contributed by atoms with E-state index in [2.05, 4.69) is 24.2 Å². The Morgan fingerprint density at radius 2 is 1.92 bits per heavy atom. The minimum atomic E-state index is 0.387. The summed E-state index contributed by atoms with van der Waals surface area (Å²) in [4.78, 5) is 2.52. The molecule has 12 heavy (non-hydrogen) atoms. The van der Waals surface area contributed by atoms with Crippen molar-refractivity contribution in [1.82, 2.24) is 10.2 Å². The lowest BCUT2D eigenvalue weighted by molar-refractivity contribution is 0.0993. The van der Waals surface area contributed by atoms with Crippen LogP contribution in [-0.4, -0.2) is 30.2 Å². The summed E-state index contributed by atoms with van der Waals surface area (Å²) in [6.07, 6.45) is 6.96. The van der Waals surface area contributed by atoms with Crippen LogP contribution in [0.5, 0.6) is 0 Å². The zero-order valence-corrected chi connectivity index (χ0v) is 8.27. The molecule has 2 nitrogen and oxygen atoms in total. The second kappa shape index (κ2) is 3.00. The van der Waals surface area contributed by atoms with Crippen LogP contribution in [0.1, 0.15) is 39.0 Å².